The average molecular weight is 478 g/mol. The summed E-state index contributed by atoms with van der Waals surface area (Å²) in [5, 5.41) is 3.17. The minimum atomic E-state index is -3.91. The van der Waals surface area contributed by atoms with Crippen LogP contribution in [0.3, 0.4) is 0 Å². The highest BCUT2D eigenvalue weighted by Gasteiger charge is 2.28. The van der Waals surface area contributed by atoms with E-state index in [2.05, 4.69) is 5.32 Å². The number of nitrogens with zero attached hydrogens (tertiary/aromatic N) is 2. The van der Waals surface area contributed by atoms with E-state index in [0.717, 1.165) is 12.8 Å². The third-order valence-corrected chi connectivity index (χ3v) is 7.67. The van der Waals surface area contributed by atoms with Gasteiger partial charge in [0, 0.05) is 43.3 Å². The SMILES string of the molecule is CC1CN(C(=O)Cn2cc(S(=O)(=O)CC(=O)NCC3CCCO3)c3ccccc32)CC(C)O1. The first kappa shape index (κ1) is 23.7. The van der Waals surface area contributed by atoms with Gasteiger partial charge in [-0.05, 0) is 32.8 Å². The Morgan fingerprint density at radius 1 is 1.15 bits per heavy atom. The molecule has 2 aromatic rings. The molecule has 2 aliphatic rings. The van der Waals surface area contributed by atoms with E-state index in [1.165, 1.54) is 6.20 Å². The Kier molecular flexibility index (Phi) is 7.06. The number of nitrogens with one attached hydrogen (secondary N) is 1. The summed E-state index contributed by atoms with van der Waals surface area (Å²) in [5.41, 5.74) is 0.638. The van der Waals surface area contributed by atoms with Gasteiger partial charge in [0.05, 0.1) is 23.2 Å². The normalized spacial score (nSPS) is 23.7. The third kappa shape index (κ3) is 5.56. The lowest BCUT2D eigenvalue weighted by atomic mass is 10.2. The van der Waals surface area contributed by atoms with Crippen molar-refractivity contribution in [2.75, 3.05) is 32.0 Å². The topological polar surface area (TPSA) is 107 Å². The van der Waals surface area contributed by atoms with Crippen molar-refractivity contribution in [1.82, 2.24) is 14.8 Å². The van der Waals surface area contributed by atoms with Crippen LogP contribution in [0.5, 0.6) is 0 Å². The molecule has 2 aliphatic heterocycles. The number of morpholine rings is 1. The number of rotatable bonds is 7. The summed E-state index contributed by atoms with van der Waals surface area (Å²) in [5.74, 6) is -1.31. The molecular weight excluding hydrogens is 446 g/mol. The van der Waals surface area contributed by atoms with Crippen LogP contribution < -0.4 is 5.32 Å². The van der Waals surface area contributed by atoms with Gasteiger partial charge in [-0.25, -0.2) is 8.42 Å². The summed E-state index contributed by atoms with van der Waals surface area (Å²) >= 11 is 0. The van der Waals surface area contributed by atoms with Gasteiger partial charge in [0.2, 0.25) is 11.8 Å². The van der Waals surface area contributed by atoms with Gasteiger partial charge in [0.25, 0.3) is 0 Å². The number of ether oxygens (including phenoxy) is 2. The Labute approximate surface area is 193 Å². The van der Waals surface area contributed by atoms with E-state index in [9.17, 15) is 18.0 Å². The molecule has 1 aromatic heterocycles. The van der Waals surface area contributed by atoms with Crippen LogP contribution >= 0.6 is 0 Å². The molecule has 3 atom stereocenters. The van der Waals surface area contributed by atoms with Gasteiger partial charge in [-0.3, -0.25) is 9.59 Å². The molecule has 4 rings (SSSR count). The van der Waals surface area contributed by atoms with Crippen molar-refractivity contribution >= 4 is 32.6 Å². The lowest BCUT2D eigenvalue weighted by Gasteiger charge is -2.35. The fourth-order valence-corrected chi connectivity index (χ4v) is 5.95. The molecule has 1 N–H and O–H groups in total. The molecule has 33 heavy (non-hydrogen) atoms. The fourth-order valence-electron chi connectivity index (χ4n) is 4.55. The zero-order valence-corrected chi connectivity index (χ0v) is 19.8. The molecule has 9 nitrogen and oxygen atoms in total. The van der Waals surface area contributed by atoms with Crippen LogP contribution in [0.2, 0.25) is 0 Å². The predicted molar refractivity (Wildman–Crippen MR) is 123 cm³/mol. The zero-order chi connectivity index (χ0) is 23.6. The maximum atomic E-state index is 13.1. The van der Waals surface area contributed by atoms with Crippen LogP contribution in [0.1, 0.15) is 26.7 Å². The van der Waals surface area contributed by atoms with Gasteiger partial charge in [-0.2, -0.15) is 0 Å². The van der Waals surface area contributed by atoms with E-state index < -0.39 is 21.5 Å². The average Bonchev–Trinajstić information content (AvgIpc) is 3.40. The Balaban J connectivity index is 1.51. The van der Waals surface area contributed by atoms with Crippen LogP contribution in [0.15, 0.2) is 35.4 Å². The van der Waals surface area contributed by atoms with Gasteiger partial charge >= 0.3 is 0 Å². The molecule has 0 spiro atoms. The van der Waals surface area contributed by atoms with Crippen molar-refractivity contribution in [2.45, 2.75) is 56.4 Å². The molecule has 1 aromatic carbocycles. The van der Waals surface area contributed by atoms with E-state index in [1.807, 2.05) is 13.8 Å². The number of carbonyl (C=O) groups is 2. The second-order valence-electron chi connectivity index (χ2n) is 8.89. The number of aromatic nitrogens is 1. The lowest BCUT2D eigenvalue weighted by molar-refractivity contribution is -0.143. The Morgan fingerprint density at radius 2 is 1.88 bits per heavy atom. The van der Waals surface area contributed by atoms with E-state index in [1.54, 1.807) is 33.7 Å². The van der Waals surface area contributed by atoms with Crippen LogP contribution in [-0.4, -0.2) is 80.0 Å². The number of para-hydroxylation sites is 1. The molecule has 2 amide bonds. The van der Waals surface area contributed by atoms with Crippen LogP contribution in [0, 0.1) is 0 Å². The standard InChI is InChI=1S/C23H31N3O6S/c1-16-11-26(12-17(2)32-16)23(28)14-25-13-21(19-7-3-4-8-20(19)25)33(29,30)15-22(27)24-10-18-6-5-9-31-18/h3-4,7-8,13,16-18H,5-6,9-12,14-15H2,1-2H3,(H,24,27). The van der Waals surface area contributed by atoms with E-state index in [4.69, 9.17) is 9.47 Å². The molecular formula is C23H31N3O6S. The lowest BCUT2D eigenvalue weighted by Crippen LogP contribution is -2.49. The highest BCUT2D eigenvalue weighted by Crippen LogP contribution is 2.27. The fraction of sp³-hybridized carbons (Fsp3) is 0.565. The summed E-state index contributed by atoms with van der Waals surface area (Å²) in [4.78, 5) is 27.1. The monoisotopic (exact) mass is 477 g/mol. The summed E-state index contributed by atoms with van der Waals surface area (Å²) in [7, 11) is -3.91. The summed E-state index contributed by atoms with van der Waals surface area (Å²) < 4.78 is 39.1. The van der Waals surface area contributed by atoms with E-state index in [-0.39, 0.29) is 35.7 Å². The maximum absolute atomic E-state index is 13.1. The molecule has 180 valence electrons. The van der Waals surface area contributed by atoms with E-state index in [0.29, 0.717) is 37.1 Å². The number of hydrogen-bond donors (Lipinski definition) is 1. The highest BCUT2D eigenvalue weighted by atomic mass is 32.2. The number of carbonyl (C=O) groups excluding carboxylic acids is 2. The summed E-state index contributed by atoms with van der Waals surface area (Å²) in [6, 6.07) is 7.03. The first-order valence-electron chi connectivity index (χ1n) is 11.3. The van der Waals surface area contributed by atoms with E-state index >= 15 is 0 Å². The quantitative estimate of drug-likeness (QED) is 0.645. The van der Waals surface area contributed by atoms with Gasteiger partial charge in [0.15, 0.2) is 9.84 Å². The molecule has 10 heteroatoms. The predicted octanol–water partition coefficient (Wildman–Crippen LogP) is 1.35. The van der Waals surface area contributed by atoms with Crippen LogP contribution in [0.4, 0.5) is 0 Å². The number of hydrogen-bond acceptors (Lipinski definition) is 6. The maximum Gasteiger partial charge on any atom is 0.242 e. The second-order valence-corrected chi connectivity index (χ2v) is 10.9. The van der Waals surface area contributed by atoms with Gasteiger partial charge in [-0.1, -0.05) is 18.2 Å². The Hall–Kier alpha value is -2.43. The van der Waals surface area contributed by atoms with Crippen molar-refractivity contribution in [3.63, 3.8) is 0 Å². The summed E-state index contributed by atoms with van der Waals surface area (Å²) in [6.07, 6.45) is 3.11. The largest absolute Gasteiger partial charge is 0.376 e. The van der Waals surface area contributed by atoms with Crippen molar-refractivity contribution in [1.29, 1.82) is 0 Å². The molecule has 0 aliphatic carbocycles. The van der Waals surface area contributed by atoms with Crippen LogP contribution in [0.25, 0.3) is 10.9 Å². The minimum Gasteiger partial charge on any atom is -0.376 e. The van der Waals surface area contributed by atoms with Gasteiger partial charge in [-0.15, -0.1) is 0 Å². The van der Waals surface area contributed by atoms with Crippen molar-refractivity contribution in [3.8, 4) is 0 Å². The molecule has 0 bridgehead atoms. The smallest absolute Gasteiger partial charge is 0.242 e. The van der Waals surface area contributed by atoms with Gasteiger partial charge < -0.3 is 24.3 Å². The molecule has 3 heterocycles. The number of benzene rings is 1. The second kappa shape index (κ2) is 9.82. The third-order valence-electron chi connectivity index (χ3n) is 6.04. The van der Waals surface area contributed by atoms with Crippen molar-refractivity contribution in [3.05, 3.63) is 30.5 Å². The highest BCUT2D eigenvalue weighted by molar-refractivity contribution is 7.92. The molecule has 0 saturated carbocycles. The Morgan fingerprint density at radius 3 is 2.58 bits per heavy atom. The Bertz CT molecular complexity index is 1110. The molecule has 2 saturated heterocycles. The number of fused-ring (bicyclic) bond motifs is 1. The number of amides is 2. The van der Waals surface area contributed by atoms with Gasteiger partial charge in [0.1, 0.15) is 12.3 Å². The van der Waals surface area contributed by atoms with Crippen molar-refractivity contribution < 1.29 is 27.5 Å². The molecule has 2 fully saturated rings. The molecule has 3 unspecified atom stereocenters. The first-order chi connectivity index (χ1) is 15.7. The summed E-state index contributed by atoms with van der Waals surface area (Å²) in [6.45, 7) is 5.84. The molecule has 0 radical (unpaired) electrons. The minimum absolute atomic E-state index is 0.0146. The van der Waals surface area contributed by atoms with Crippen molar-refractivity contribution in [2.24, 2.45) is 0 Å². The zero-order valence-electron chi connectivity index (χ0n) is 19.0. The number of sulfone groups is 1. The van der Waals surface area contributed by atoms with Crippen LogP contribution in [-0.2, 0) is 35.4 Å². The first-order valence-corrected chi connectivity index (χ1v) is 13.0.